The number of nitrogens with one attached hydrogen (secondary N) is 1. The highest BCUT2D eigenvalue weighted by atomic mass is 32.2. The molecule has 2 aromatic carbocycles. The van der Waals surface area contributed by atoms with E-state index in [0.717, 1.165) is 5.69 Å². The maximum absolute atomic E-state index is 13.4. The first-order valence-corrected chi connectivity index (χ1v) is 9.20. The van der Waals surface area contributed by atoms with E-state index in [-0.39, 0.29) is 17.5 Å². The highest BCUT2D eigenvalue weighted by Gasteiger charge is 2.09. The fraction of sp³-hybridized carbons (Fsp3) is 0.150. The van der Waals surface area contributed by atoms with Crippen LogP contribution in [-0.2, 0) is 4.79 Å². The molecule has 5 nitrogen and oxygen atoms in total. The Labute approximate surface area is 161 Å². The second-order valence-corrected chi connectivity index (χ2v) is 6.75. The SMILES string of the molecule is COc1cccc(NC(=O)CSc2cc(C)nc(-c3cccc(F)c3)n2)c1. The van der Waals surface area contributed by atoms with Crippen LogP contribution in [0.3, 0.4) is 0 Å². The van der Waals surface area contributed by atoms with E-state index in [1.807, 2.05) is 13.0 Å². The minimum Gasteiger partial charge on any atom is -0.497 e. The van der Waals surface area contributed by atoms with Crippen molar-refractivity contribution in [3.05, 3.63) is 66.1 Å². The highest BCUT2D eigenvalue weighted by Crippen LogP contribution is 2.23. The first-order valence-electron chi connectivity index (χ1n) is 8.22. The third-order valence-electron chi connectivity index (χ3n) is 3.62. The molecule has 0 fully saturated rings. The third kappa shape index (κ3) is 5.27. The fourth-order valence-electron chi connectivity index (χ4n) is 2.41. The number of rotatable bonds is 6. The summed E-state index contributed by atoms with van der Waals surface area (Å²) in [6.45, 7) is 1.84. The van der Waals surface area contributed by atoms with Crippen molar-refractivity contribution < 1.29 is 13.9 Å². The Morgan fingerprint density at radius 3 is 2.74 bits per heavy atom. The first kappa shape index (κ1) is 18.8. The Balaban J connectivity index is 1.67. The Morgan fingerprint density at radius 2 is 1.96 bits per heavy atom. The summed E-state index contributed by atoms with van der Waals surface area (Å²) in [4.78, 5) is 21.0. The van der Waals surface area contributed by atoms with E-state index in [1.165, 1.54) is 23.9 Å². The van der Waals surface area contributed by atoms with Gasteiger partial charge in [-0.15, -0.1) is 0 Å². The number of carbonyl (C=O) groups is 1. The van der Waals surface area contributed by atoms with Crippen molar-refractivity contribution in [2.75, 3.05) is 18.2 Å². The van der Waals surface area contributed by atoms with Gasteiger partial charge in [0.05, 0.1) is 12.9 Å². The number of anilines is 1. The Kier molecular flexibility index (Phi) is 6.03. The smallest absolute Gasteiger partial charge is 0.234 e. The van der Waals surface area contributed by atoms with Gasteiger partial charge in [0.2, 0.25) is 5.91 Å². The normalized spacial score (nSPS) is 10.5. The van der Waals surface area contributed by atoms with E-state index in [1.54, 1.807) is 43.5 Å². The molecule has 1 amide bonds. The number of methoxy groups -OCH3 is 1. The summed E-state index contributed by atoms with van der Waals surface area (Å²) in [6.07, 6.45) is 0. The van der Waals surface area contributed by atoms with Gasteiger partial charge in [-0.2, -0.15) is 0 Å². The molecule has 1 N–H and O–H groups in total. The lowest BCUT2D eigenvalue weighted by molar-refractivity contribution is -0.113. The molecule has 0 bridgehead atoms. The number of aryl methyl sites for hydroxylation is 1. The van der Waals surface area contributed by atoms with E-state index >= 15 is 0 Å². The van der Waals surface area contributed by atoms with Gasteiger partial charge in [-0.05, 0) is 37.3 Å². The number of thioether (sulfide) groups is 1. The number of nitrogens with zero attached hydrogens (tertiary/aromatic N) is 2. The number of aromatic nitrogens is 2. The average Bonchev–Trinajstić information content (AvgIpc) is 2.66. The van der Waals surface area contributed by atoms with Crippen LogP contribution in [0.1, 0.15) is 5.69 Å². The third-order valence-corrected chi connectivity index (χ3v) is 4.53. The fourth-order valence-corrected chi connectivity index (χ4v) is 3.16. The van der Waals surface area contributed by atoms with Gasteiger partial charge in [0, 0.05) is 23.0 Å². The summed E-state index contributed by atoms with van der Waals surface area (Å²) < 4.78 is 18.6. The molecule has 0 aliphatic carbocycles. The van der Waals surface area contributed by atoms with Crippen molar-refractivity contribution in [1.29, 1.82) is 0 Å². The summed E-state index contributed by atoms with van der Waals surface area (Å²) in [5.41, 5.74) is 2.01. The van der Waals surface area contributed by atoms with Crippen LogP contribution in [0.25, 0.3) is 11.4 Å². The van der Waals surface area contributed by atoms with Gasteiger partial charge in [0.15, 0.2) is 5.82 Å². The molecule has 7 heteroatoms. The van der Waals surface area contributed by atoms with Gasteiger partial charge < -0.3 is 10.1 Å². The van der Waals surface area contributed by atoms with Crippen molar-refractivity contribution >= 4 is 23.4 Å². The topological polar surface area (TPSA) is 64.1 Å². The van der Waals surface area contributed by atoms with Crippen LogP contribution in [0.15, 0.2) is 59.6 Å². The molecule has 0 spiro atoms. The second kappa shape index (κ2) is 8.64. The van der Waals surface area contributed by atoms with Crippen LogP contribution >= 0.6 is 11.8 Å². The van der Waals surface area contributed by atoms with Gasteiger partial charge in [-0.1, -0.05) is 30.0 Å². The van der Waals surface area contributed by atoms with Crippen molar-refractivity contribution in [1.82, 2.24) is 9.97 Å². The number of halogens is 1. The Morgan fingerprint density at radius 1 is 1.15 bits per heavy atom. The number of ether oxygens (including phenoxy) is 1. The number of benzene rings is 2. The summed E-state index contributed by atoms with van der Waals surface area (Å²) >= 11 is 1.30. The zero-order valence-electron chi connectivity index (χ0n) is 14.9. The largest absolute Gasteiger partial charge is 0.497 e. The van der Waals surface area contributed by atoms with E-state index in [2.05, 4.69) is 15.3 Å². The zero-order chi connectivity index (χ0) is 19.2. The highest BCUT2D eigenvalue weighted by molar-refractivity contribution is 7.99. The van der Waals surface area contributed by atoms with Crippen LogP contribution < -0.4 is 10.1 Å². The summed E-state index contributed by atoms with van der Waals surface area (Å²) in [7, 11) is 1.57. The van der Waals surface area contributed by atoms with Crippen LogP contribution in [-0.4, -0.2) is 28.7 Å². The minimum absolute atomic E-state index is 0.156. The molecule has 0 saturated heterocycles. The summed E-state index contributed by atoms with van der Waals surface area (Å²) in [5.74, 6) is 0.800. The van der Waals surface area contributed by atoms with Crippen molar-refractivity contribution in [2.45, 2.75) is 11.9 Å². The Bertz CT molecular complexity index is 965. The molecule has 138 valence electrons. The van der Waals surface area contributed by atoms with Gasteiger partial charge in [-0.3, -0.25) is 4.79 Å². The van der Waals surface area contributed by atoms with E-state index < -0.39 is 0 Å². The average molecular weight is 383 g/mol. The maximum Gasteiger partial charge on any atom is 0.234 e. The van der Waals surface area contributed by atoms with Crippen LogP contribution in [0.5, 0.6) is 5.75 Å². The lowest BCUT2D eigenvalue weighted by Gasteiger charge is -2.08. The molecular formula is C20H18FN3O2S. The molecule has 3 rings (SSSR count). The molecule has 0 aliphatic heterocycles. The van der Waals surface area contributed by atoms with E-state index in [4.69, 9.17) is 4.74 Å². The number of amides is 1. The molecule has 1 aromatic heterocycles. The standard InChI is InChI=1S/C20H18FN3O2S/c1-13-9-19(24-20(22-13)14-5-3-6-15(21)10-14)27-12-18(25)23-16-7-4-8-17(11-16)26-2/h3-11H,12H2,1-2H3,(H,23,25). The van der Waals surface area contributed by atoms with Crippen LogP contribution in [0.2, 0.25) is 0 Å². The van der Waals surface area contributed by atoms with E-state index in [0.29, 0.717) is 27.9 Å². The molecular weight excluding hydrogens is 365 g/mol. The molecule has 0 unspecified atom stereocenters. The lowest BCUT2D eigenvalue weighted by Crippen LogP contribution is -2.14. The van der Waals surface area contributed by atoms with Gasteiger partial charge >= 0.3 is 0 Å². The number of hydrogen-bond acceptors (Lipinski definition) is 5. The number of carbonyl (C=O) groups excluding carboxylic acids is 1. The minimum atomic E-state index is -0.343. The van der Waals surface area contributed by atoms with Gasteiger partial charge in [-0.25, -0.2) is 14.4 Å². The maximum atomic E-state index is 13.4. The first-order chi connectivity index (χ1) is 13.0. The van der Waals surface area contributed by atoms with Crippen LogP contribution in [0, 0.1) is 12.7 Å². The van der Waals surface area contributed by atoms with Gasteiger partial charge in [0.25, 0.3) is 0 Å². The van der Waals surface area contributed by atoms with Gasteiger partial charge in [0.1, 0.15) is 16.6 Å². The predicted octanol–water partition coefficient (Wildman–Crippen LogP) is 4.33. The number of hydrogen-bond donors (Lipinski definition) is 1. The molecule has 27 heavy (non-hydrogen) atoms. The molecule has 3 aromatic rings. The van der Waals surface area contributed by atoms with Crippen molar-refractivity contribution in [3.63, 3.8) is 0 Å². The van der Waals surface area contributed by atoms with Crippen molar-refractivity contribution in [2.24, 2.45) is 0 Å². The molecule has 0 saturated carbocycles. The molecule has 0 aliphatic rings. The molecule has 0 radical (unpaired) electrons. The van der Waals surface area contributed by atoms with Crippen molar-refractivity contribution in [3.8, 4) is 17.1 Å². The zero-order valence-corrected chi connectivity index (χ0v) is 15.7. The summed E-state index contributed by atoms with van der Waals surface area (Å²) in [6, 6.07) is 15.1. The summed E-state index contributed by atoms with van der Waals surface area (Å²) in [5, 5.41) is 3.48. The molecule has 0 atom stereocenters. The second-order valence-electron chi connectivity index (χ2n) is 5.75. The lowest BCUT2D eigenvalue weighted by atomic mass is 10.2. The molecule has 1 heterocycles. The monoisotopic (exact) mass is 383 g/mol. The quantitative estimate of drug-likeness (QED) is 0.507. The van der Waals surface area contributed by atoms with E-state index in [9.17, 15) is 9.18 Å². The Hall–Kier alpha value is -2.93. The predicted molar refractivity (Wildman–Crippen MR) is 105 cm³/mol. The van der Waals surface area contributed by atoms with Crippen LogP contribution in [0.4, 0.5) is 10.1 Å².